The molecule has 0 aliphatic carbocycles. The highest BCUT2D eigenvalue weighted by Crippen LogP contribution is 2.16. The van der Waals surface area contributed by atoms with Gasteiger partial charge in [-0.15, -0.1) is 5.10 Å². The van der Waals surface area contributed by atoms with Crippen molar-refractivity contribution < 1.29 is 14.3 Å². The largest absolute Gasteiger partial charge is 0.452 e. The Morgan fingerprint density at radius 1 is 1.00 bits per heavy atom. The molecule has 0 N–H and O–H groups in total. The molecule has 3 aromatic rings. The Morgan fingerprint density at radius 2 is 1.69 bits per heavy atom. The Morgan fingerprint density at radius 3 is 2.44 bits per heavy atom. The topological polar surface area (TPSA) is 97.6 Å². The second-order valence-corrected chi connectivity index (χ2v) is 7.66. The van der Waals surface area contributed by atoms with E-state index in [4.69, 9.17) is 4.74 Å². The van der Waals surface area contributed by atoms with Gasteiger partial charge >= 0.3 is 5.97 Å². The van der Waals surface area contributed by atoms with E-state index in [2.05, 4.69) is 15.2 Å². The van der Waals surface area contributed by atoms with Crippen LogP contribution in [0.1, 0.15) is 13.3 Å². The quantitative estimate of drug-likeness (QED) is 0.541. The number of carbonyl (C=O) groups is 2. The maximum absolute atomic E-state index is 12.7. The van der Waals surface area contributed by atoms with Crippen LogP contribution in [0.4, 0.5) is 5.69 Å². The maximum atomic E-state index is 12.7. The number of ether oxygens (including phenoxy) is 1. The molecule has 1 aliphatic heterocycles. The second-order valence-electron chi connectivity index (χ2n) is 7.66. The van der Waals surface area contributed by atoms with Crippen LogP contribution < -0.4 is 10.5 Å². The molecular formula is C23H25N5O4. The number of aromatic nitrogens is 3. The Hall–Kier alpha value is -3.75. The molecule has 1 amide bonds. The highest BCUT2D eigenvalue weighted by atomic mass is 16.5. The molecular weight excluding hydrogens is 410 g/mol. The molecule has 9 heteroatoms. The van der Waals surface area contributed by atoms with E-state index in [1.165, 1.54) is 0 Å². The minimum absolute atomic E-state index is 0.0339. The molecule has 9 nitrogen and oxygen atoms in total. The van der Waals surface area contributed by atoms with Gasteiger partial charge < -0.3 is 14.5 Å². The van der Waals surface area contributed by atoms with Gasteiger partial charge in [0.2, 0.25) is 0 Å². The summed E-state index contributed by atoms with van der Waals surface area (Å²) in [6.07, 6.45) is -0.961. The number of rotatable bonds is 6. The Labute approximate surface area is 185 Å². The molecule has 1 fully saturated rings. The number of fused-ring (bicyclic) bond motifs is 1. The molecule has 1 saturated heterocycles. The first-order valence-electron chi connectivity index (χ1n) is 10.6. The first-order valence-corrected chi connectivity index (χ1v) is 10.6. The Bertz CT molecular complexity index is 1160. The lowest BCUT2D eigenvalue weighted by Crippen LogP contribution is -2.51. The number of piperazine rings is 1. The van der Waals surface area contributed by atoms with Crippen LogP contribution in [0.25, 0.3) is 10.9 Å². The number of esters is 1. The number of anilines is 1. The van der Waals surface area contributed by atoms with Gasteiger partial charge in [-0.3, -0.25) is 14.4 Å². The molecule has 4 rings (SSSR count). The molecule has 1 atom stereocenters. The van der Waals surface area contributed by atoms with Gasteiger partial charge in [0, 0.05) is 31.9 Å². The third kappa shape index (κ3) is 4.77. The van der Waals surface area contributed by atoms with Gasteiger partial charge in [-0.05, 0) is 31.2 Å². The molecule has 32 heavy (non-hydrogen) atoms. The van der Waals surface area contributed by atoms with Crippen molar-refractivity contribution in [3.8, 4) is 0 Å². The molecule has 2 aromatic carbocycles. The van der Waals surface area contributed by atoms with Crippen LogP contribution in [0.15, 0.2) is 59.4 Å². The Balaban J connectivity index is 1.27. The number of para-hydroxylation sites is 1. The molecule has 0 radical (unpaired) electrons. The number of nitrogens with zero attached hydrogens (tertiary/aromatic N) is 5. The van der Waals surface area contributed by atoms with Gasteiger partial charge in [0.05, 0.1) is 18.4 Å². The zero-order chi connectivity index (χ0) is 22.5. The van der Waals surface area contributed by atoms with Gasteiger partial charge in [0.25, 0.3) is 11.5 Å². The van der Waals surface area contributed by atoms with Crippen molar-refractivity contribution in [1.29, 1.82) is 0 Å². The van der Waals surface area contributed by atoms with Crippen LogP contribution in [0.2, 0.25) is 0 Å². The van der Waals surface area contributed by atoms with Crippen LogP contribution in [0.5, 0.6) is 0 Å². The summed E-state index contributed by atoms with van der Waals surface area (Å²) in [5.41, 5.74) is 1.32. The van der Waals surface area contributed by atoms with Crippen molar-refractivity contribution in [1.82, 2.24) is 19.9 Å². The number of hydrogen-bond donors (Lipinski definition) is 0. The molecule has 0 spiro atoms. The van der Waals surface area contributed by atoms with Crippen molar-refractivity contribution in [2.75, 3.05) is 31.1 Å². The third-order valence-corrected chi connectivity index (χ3v) is 5.53. The predicted molar refractivity (Wildman–Crippen MR) is 119 cm³/mol. The smallest absolute Gasteiger partial charge is 0.308 e. The highest BCUT2D eigenvalue weighted by Gasteiger charge is 2.27. The molecule has 1 unspecified atom stereocenters. The molecule has 0 bridgehead atoms. The average Bonchev–Trinajstić information content (AvgIpc) is 2.84. The summed E-state index contributed by atoms with van der Waals surface area (Å²) in [4.78, 5) is 41.4. The fourth-order valence-corrected chi connectivity index (χ4v) is 3.75. The lowest BCUT2D eigenvalue weighted by molar-refractivity contribution is -0.159. The summed E-state index contributed by atoms with van der Waals surface area (Å²) in [6, 6.07) is 16.9. The van der Waals surface area contributed by atoms with Crippen molar-refractivity contribution in [2.24, 2.45) is 0 Å². The van der Waals surface area contributed by atoms with E-state index in [1.54, 1.807) is 36.1 Å². The van der Waals surface area contributed by atoms with E-state index in [1.807, 2.05) is 30.3 Å². The van der Waals surface area contributed by atoms with Crippen LogP contribution in [-0.4, -0.2) is 64.1 Å². The van der Waals surface area contributed by atoms with E-state index in [-0.39, 0.29) is 24.4 Å². The van der Waals surface area contributed by atoms with Crippen molar-refractivity contribution in [3.63, 3.8) is 0 Å². The van der Waals surface area contributed by atoms with Crippen molar-refractivity contribution >= 4 is 28.5 Å². The molecule has 2 heterocycles. The zero-order valence-electron chi connectivity index (χ0n) is 17.9. The molecule has 1 aromatic heterocycles. The standard InChI is InChI=1S/C23H25N5O4/c1-17(22(30)27-15-13-26(14-16-27)18-7-3-2-4-8-18)32-21(29)11-12-28-23(31)19-9-5-6-10-20(19)24-25-28/h2-10,17H,11-16H2,1H3. The highest BCUT2D eigenvalue weighted by molar-refractivity contribution is 5.83. The number of benzene rings is 2. The van der Waals surface area contributed by atoms with E-state index in [0.29, 0.717) is 24.0 Å². The second kappa shape index (κ2) is 9.59. The van der Waals surface area contributed by atoms with E-state index in [9.17, 15) is 14.4 Å². The zero-order valence-corrected chi connectivity index (χ0v) is 17.9. The van der Waals surface area contributed by atoms with Gasteiger partial charge in [-0.25, -0.2) is 4.68 Å². The summed E-state index contributed by atoms with van der Waals surface area (Å²) in [5.74, 6) is -0.774. The molecule has 166 valence electrons. The fourth-order valence-electron chi connectivity index (χ4n) is 3.75. The minimum atomic E-state index is -0.884. The van der Waals surface area contributed by atoms with Gasteiger partial charge in [-0.2, -0.15) is 0 Å². The summed E-state index contributed by atoms with van der Waals surface area (Å²) >= 11 is 0. The number of amides is 1. The predicted octanol–water partition coefficient (Wildman–Crippen LogP) is 1.46. The van der Waals surface area contributed by atoms with E-state index < -0.39 is 12.1 Å². The van der Waals surface area contributed by atoms with Crippen LogP contribution >= 0.6 is 0 Å². The number of hydrogen-bond acceptors (Lipinski definition) is 7. The van der Waals surface area contributed by atoms with Gasteiger partial charge in [-0.1, -0.05) is 35.5 Å². The first-order chi connectivity index (χ1) is 15.5. The SMILES string of the molecule is CC(OC(=O)CCn1nnc2ccccc2c1=O)C(=O)N1CCN(c2ccccc2)CC1. The normalized spacial score (nSPS) is 14.9. The van der Waals surface area contributed by atoms with Gasteiger partial charge in [0.15, 0.2) is 6.10 Å². The summed E-state index contributed by atoms with van der Waals surface area (Å²) in [5, 5.41) is 8.30. The van der Waals surface area contributed by atoms with Gasteiger partial charge in [0.1, 0.15) is 5.52 Å². The lowest BCUT2D eigenvalue weighted by Gasteiger charge is -2.37. The van der Waals surface area contributed by atoms with Crippen molar-refractivity contribution in [3.05, 3.63) is 65.0 Å². The van der Waals surface area contributed by atoms with E-state index in [0.717, 1.165) is 23.5 Å². The van der Waals surface area contributed by atoms with Crippen molar-refractivity contribution in [2.45, 2.75) is 26.0 Å². The monoisotopic (exact) mass is 435 g/mol. The average molecular weight is 435 g/mol. The fraction of sp³-hybridized carbons (Fsp3) is 0.348. The third-order valence-electron chi connectivity index (χ3n) is 5.53. The van der Waals surface area contributed by atoms with Crippen LogP contribution in [0.3, 0.4) is 0 Å². The summed E-state index contributed by atoms with van der Waals surface area (Å²) in [7, 11) is 0. The Kier molecular flexibility index (Phi) is 6.44. The minimum Gasteiger partial charge on any atom is -0.452 e. The molecule has 1 aliphatic rings. The summed E-state index contributed by atoms with van der Waals surface area (Å²) in [6.45, 7) is 4.19. The molecule has 0 saturated carbocycles. The van der Waals surface area contributed by atoms with Crippen LogP contribution in [-0.2, 0) is 20.9 Å². The number of aryl methyl sites for hydroxylation is 1. The van der Waals surface area contributed by atoms with E-state index >= 15 is 0 Å². The first kappa shape index (κ1) is 21.5. The number of carbonyl (C=O) groups excluding carboxylic acids is 2. The lowest BCUT2D eigenvalue weighted by atomic mass is 10.2. The van der Waals surface area contributed by atoms with Crippen LogP contribution in [0, 0.1) is 0 Å². The summed E-state index contributed by atoms with van der Waals surface area (Å²) < 4.78 is 6.46. The maximum Gasteiger partial charge on any atom is 0.308 e.